The van der Waals surface area contributed by atoms with Crippen molar-refractivity contribution in [2.45, 2.75) is 99.3 Å². The number of allylic oxidation sites excluding steroid dienone is 5. The van der Waals surface area contributed by atoms with Gasteiger partial charge in [0.1, 0.15) is 34.9 Å². The minimum atomic E-state index is -2.22. The second-order valence-electron chi connectivity index (χ2n) is 15.3. The van der Waals surface area contributed by atoms with Crippen LogP contribution in [0.5, 0.6) is 11.5 Å². The highest BCUT2D eigenvalue weighted by Crippen LogP contribution is 2.53. The number of phenolic OH excluding ortho intramolecular Hbond substituents is 1. The highest BCUT2D eigenvalue weighted by molar-refractivity contribution is 6.21. The van der Waals surface area contributed by atoms with Crippen LogP contribution < -0.4 is 10.1 Å². The molecule has 9 atom stereocenters. The Morgan fingerprint density at radius 2 is 1.52 bits per heavy atom. The third-order valence-electron chi connectivity index (χ3n) is 10.9. The first-order valence-electron chi connectivity index (χ1n) is 18.7. The van der Waals surface area contributed by atoms with Gasteiger partial charge in [-0.3, -0.25) is 24.0 Å². The van der Waals surface area contributed by atoms with Crippen molar-refractivity contribution in [1.29, 1.82) is 0 Å². The number of hydrogen-bond acceptors (Lipinski definition) is 15. The van der Waals surface area contributed by atoms with Crippen LogP contribution in [-0.4, -0.2) is 99.1 Å². The lowest BCUT2D eigenvalue weighted by Gasteiger charge is -2.40. The van der Waals surface area contributed by atoms with Crippen molar-refractivity contribution in [2.75, 3.05) is 19.2 Å². The number of aliphatic hydroxyl groups is 4. The van der Waals surface area contributed by atoms with Gasteiger partial charge in [-0.05, 0) is 46.3 Å². The molecule has 0 aromatic heterocycles. The number of amides is 1. The predicted octanol–water partition coefficient (Wildman–Crippen LogP) is 3.68. The Hall–Kier alpha value is -5.29. The van der Waals surface area contributed by atoms with E-state index in [1.54, 1.807) is 13.0 Å². The van der Waals surface area contributed by atoms with Crippen molar-refractivity contribution in [3.8, 4) is 11.5 Å². The van der Waals surface area contributed by atoms with Gasteiger partial charge in [0, 0.05) is 53.9 Å². The second kappa shape index (κ2) is 17.7. The summed E-state index contributed by atoms with van der Waals surface area (Å²) in [6.07, 6.45) is -0.811. The van der Waals surface area contributed by atoms with Gasteiger partial charge in [0.25, 0.3) is 5.91 Å². The van der Waals surface area contributed by atoms with Gasteiger partial charge >= 0.3 is 17.9 Å². The number of nitrogens with one attached hydrogen (secondary N) is 1. The van der Waals surface area contributed by atoms with Crippen LogP contribution in [0.1, 0.15) is 83.8 Å². The Labute approximate surface area is 336 Å². The monoisotopic (exact) mass is 811 g/mol. The van der Waals surface area contributed by atoms with E-state index >= 15 is 0 Å². The summed E-state index contributed by atoms with van der Waals surface area (Å²) in [4.78, 5) is 66.1. The Balaban J connectivity index is 2.10. The number of aliphatic hydroxyl groups excluding tert-OH is 3. The fourth-order valence-corrected chi connectivity index (χ4v) is 7.63. The lowest BCUT2D eigenvalue weighted by Crippen LogP contribution is -2.54. The molecule has 0 unspecified atom stereocenters. The first kappa shape index (κ1) is 45.4. The zero-order chi connectivity index (χ0) is 43.7. The Kier molecular flexibility index (Phi) is 13.8. The van der Waals surface area contributed by atoms with Crippen molar-refractivity contribution in [3.05, 3.63) is 69.2 Å². The molecule has 58 heavy (non-hydrogen) atoms. The van der Waals surface area contributed by atoms with Crippen LogP contribution in [0.15, 0.2) is 52.5 Å². The van der Waals surface area contributed by atoms with E-state index in [4.69, 9.17) is 23.7 Å². The molecule has 6 N–H and O–H groups in total. The van der Waals surface area contributed by atoms with E-state index in [1.807, 2.05) is 0 Å². The van der Waals surface area contributed by atoms with Crippen LogP contribution in [0.3, 0.4) is 0 Å². The number of carbonyl (C=O) groups excluding carboxylic acids is 5. The standard InChI is InChI=1S/C42H53NO15/c1-17-13-12-14-18(2)40(51)43-30-20(4)37(57-24(8)44)26-27(34(30)49)33(48)22(6)36-28(26)35(55-16-56-36)19(3)15-42(10,53)39(50)23(7)38(58-25(9)45)29(41(52)54-11)32(47)21(5)31(17)46/h12-15,17,21,23,29,31-32,38-39,46-47,49-50,53H,16H2,1-11H3,(H,43,51)/t17-,21-,23+,29-,31-,32-,38+,39-,42+/m1/s1. The summed E-state index contributed by atoms with van der Waals surface area (Å²) >= 11 is 0. The molecule has 3 aliphatic heterocycles. The lowest BCUT2D eigenvalue weighted by atomic mass is 9.75. The molecular weight excluding hydrogens is 758 g/mol. The van der Waals surface area contributed by atoms with Gasteiger partial charge in [0.05, 0.1) is 42.2 Å². The average molecular weight is 812 g/mol. The summed E-state index contributed by atoms with van der Waals surface area (Å²) in [5, 5.41) is 61.2. The zero-order valence-electron chi connectivity index (χ0n) is 34.5. The second-order valence-corrected chi connectivity index (χ2v) is 15.3. The number of benzene rings is 1. The van der Waals surface area contributed by atoms with Gasteiger partial charge in [-0.25, -0.2) is 0 Å². The third-order valence-corrected chi connectivity index (χ3v) is 10.9. The molecule has 4 bridgehead atoms. The smallest absolute Gasteiger partial charge is 0.315 e. The summed E-state index contributed by atoms with van der Waals surface area (Å²) in [6.45, 7) is 13.4. The van der Waals surface area contributed by atoms with Crippen LogP contribution in [0.2, 0.25) is 0 Å². The molecule has 1 aromatic rings. The first-order valence-corrected chi connectivity index (χ1v) is 18.7. The molecule has 0 radical (unpaired) electrons. The van der Waals surface area contributed by atoms with E-state index in [0.717, 1.165) is 21.0 Å². The summed E-state index contributed by atoms with van der Waals surface area (Å²) in [7, 11) is 1.06. The number of methoxy groups -OCH3 is 1. The van der Waals surface area contributed by atoms with E-state index < -0.39 is 95.8 Å². The Morgan fingerprint density at radius 3 is 2.10 bits per heavy atom. The quantitative estimate of drug-likeness (QED) is 0.145. The Morgan fingerprint density at radius 1 is 0.897 bits per heavy atom. The number of rotatable bonds is 3. The molecular formula is C42H53NO15. The molecule has 0 spiro atoms. The minimum Gasteiger partial charge on any atom is -0.505 e. The fourth-order valence-electron chi connectivity index (χ4n) is 7.63. The normalized spacial score (nSPS) is 29.7. The van der Waals surface area contributed by atoms with Gasteiger partial charge in [-0.1, -0.05) is 39.0 Å². The number of phenols is 1. The molecule has 0 saturated carbocycles. The number of ether oxygens (including phenoxy) is 5. The maximum absolute atomic E-state index is 14.0. The molecule has 16 nitrogen and oxygen atoms in total. The SMILES string of the molecule is COC(=O)[C@@H]1[C@H](O)[C@H](C)[C@H](O)[C@H](C)C=CC=C(C)C(=O)Nc2c(C)c(OC(C)=O)c3c(c2O)C(=O)C(C)=C2OCOC(=C23)C(C)=C[C@](C)(O)[C@H](O)[C@@H](C)[C@@H]1OC(C)=O. The van der Waals surface area contributed by atoms with Crippen molar-refractivity contribution in [2.24, 2.45) is 23.7 Å². The molecule has 3 heterocycles. The zero-order valence-corrected chi connectivity index (χ0v) is 34.5. The van der Waals surface area contributed by atoms with Crippen LogP contribution >= 0.6 is 0 Å². The molecule has 16 heteroatoms. The number of ketones is 1. The van der Waals surface area contributed by atoms with Crippen LogP contribution in [0.25, 0.3) is 5.57 Å². The van der Waals surface area contributed by atoms with Crippen molar-refractivity contribution in [3.63, 3.8) is 0 Å². The topological polar surface area (TPSA) is 245 Å². The number of esters is 3. The number of carbonyl (C=O) groups is 5. The van der Waals surface area contributed by atoms with Gasteiger partial charge in [-0.15, -0.1) is 0 Å². The predicted molar refractivity (Wildman–Crippen MR) is 208 cm³/mol. The summed E-state index contributed by atoms with van der Waals surface area (Å²) < 4.78 is 28.0. The van der Waals surface area contributed by atoms with E-state index in [0.29, 0.717) is 0 Å². The number of hydrogen-bond donors (Lipinski definition) is 6. The number of anilines is 1. The maximum atomic E-state index is 14.0. The van der Waals surface area contributed by atoms with Crippen LogP contribution in [-0.2, 0) is 38.1 Å². The largest absolute Gasteiger partial charge is 0.505 e. The molecule has 1 amide bonds. The number of Topliss-reactive ketones (excluding diaryl/α,β-unsaturated/α-hetero) is 1. The number of fused-ring (bicyclic) bond motifs is 14. The van der Waals surface area contributed by atoms with Gasteiger partial charge < -0.3 is 54.5 Å². The van der Waals surface area contributed by atoms with E-state index in [-0.39, 0.29) is 61.9 Å². The highest BCUT2D eigenvalue weighted by Gasteiger charge is 2.49. The molecule has 4 aliphatic rings. The summed E-state index contributed by atoms with van der Waals surface area (Å²) in [5.41, 5.74) is -2.49. The maximum Gasteiger partial charge on any atom is 0.315 e. The van der Waals surface area contributed by atoms with Gasteiger partial charge in [0.2, 0.25) is 6.79 Å². The van der Waals surface area contributed by atoms with Crippen LogP contribution in [0.4, 0.5) is 5.69 Å². The van der Waals surface area contributed by atoms with Gasteiger partial charge in [-0.2, -0.15) is 0 Å². The Bertz CT molecular complexity index is 2040. The minimum absolute atomic E-state index is 0.00972. The first-order chi connectivity index (χ1) is 27.0. The summed E-state index contributed by atoms with van der Waals surface area (Å²) in [6, 6.07) is 0. The molecule has 316 valence electrons. The fraction of sp³-hybridized carbons (Fsp3) is 0.500. The molecule has 0 saturated heterocycles. The lowest BCUT2D eigenvalue weighted by molar-refractivity contribution is -0.181. The van der Waals surface area contributed by atoms with E-state index in [2.05, 4.69) is 5.32 Å². The number of aromatic hydroxyl groups is 1. The van der Waals surface area contributed by atoms with Crippen molar-refractivity contribution in [1.82, 2.24) is 0 Å². The average Bonchev–Trinajstić information content (AvgIpc) is 3.16. The highest BCUT2D eigenvalue weighted by atomic mass is 16.7. The molecule has 0 fully saturated rings. The summed E-state index contributed by atoms with van der Waals surface area (Å²) in [5.74, 6) is -9.71. The van der Waals surface area contributed by atoms with Crippen LogP contribution in [0, 0.1) is 30.6 Å². The molecule has 5 rings (SSSR count). The third kappa shape index (κ3) is 8.74. The van der Waals surface area contributed by atoms with E-state index in [1.165, 1.54) is 66.7 Å². The molecule has 1 aliphatic carbocycles. The van der Waals surface area contributed by atoms with Crippen molar-refractivity contribution >= 4 is 40.9 Å². The van der Waals surface area contributed by atoms with Crippen molar-refractivity contribution < 1.29 is 73.2 Å². The van der Waals surface area contributed by atoms with Gasteiger partial charge in [0.15, 0.2) is 11.5 Å². The molecule has 1 aromatic carbocycles. The van der Waals surface area contributed by atoms with E-state index in [9.17, 15) is 49.5 Å².